The molecule has 0 fully saturated rings. The standard InChI is InChI=1S/C17H16ClN5O3/c1-25-14-8-3-11(9-15(14)26-2)17(24)19-10-16-20-21-22-23(16)13-6-4-12(18)5-7-13/h3-9H,10H2,1-2H3,(H,19,24). The van der Waals surface area contributed by atoms with Crippen LogP contribution in [0.2, 0.25) is 5.02 Å². The Morgan fingerprint density at radius 2 is 1.85 bits per heavy atom. The maximum absolute atomic E-state index is 12.4. The molecule has 3 rings (SSSR count). The Morgan fingerprint density at radius 3 is 2.54 bits per heavy atom. The van der Waals surface area contributed by atoms with Gasteiger partial charge in [0.05, 0.1) is 26.5 Å². The van der Waals surface area contributed by atoms with Crippen molar-refractivity contribution >= 4 is 17.5 Å². The monoisotopic (exact) mass is 373 g/mol. The molecule has 0 unspecified atom stereocenters. The molecule has 0 atom stereocenters. The topological polar surface area (TPSA) is 91.2 Å². The molecule has 3 aromatic rings. The molecule has 26 heavy (non-hydrogen) atoms. The van der Waals surface area contributed by atoms with E-state index in [-0.39, 0.29) is 12.5 Å². The van der Waals surface area contributed by atoms with Crippen LogP contribution >= 0.6 is 11.6 Å². The summed E-state index contributed by atoms with van der Waals surface area (Å²) in [6, 6.07) is 12.0. The molecule has 9 heteroatoms. The van der Waals surface area contributed by atoms with Gasteiger partial charge in [-0.2, -0.15) is 4.68 Å². The van der Waals surface area contributed by atoms with Crippen LogP contribution in [0.5, 0.6) is 11.5 Å². The first-order valence-electron chi connectivity index (χ1n) is 7.66. The van der Waals surface area contributed by atoms with Crippen molar-refractivity contribution in [3.05, 3.63) is 58.9 Å². The molecule has 1 aromatic heterocycles. The van der Waals surface area contributed by atoms with Crippen molar-refractivity contribution in [2.45, 2.75) is 6.54 Å². The van der Waals surface area contributed by atoms with Crippen molar-refractivity contribution in [1.82, 2.24) is 25.5 Å². The number of carbonyl (C=O) groups is 1. The first-order valence-corrected chi connectivity index (χ1v) is 8.03. The minimum Gasteiger partial charge on any atom is -0.493 e. The maximum atomic E-state index is 12.4. The van der Waals surface area contributed by atoms with E-state index >= 15 is 0 Å². The van der Waals surface area contributed by atoms with Gasteiger partial charge in [0.25, 0.3) is 5.91 Å². The van der Waals surface area contributed by atoms with Crippen LogP contribution in [-0.2, 0) is 6.54 Å². The Hall–Kier alpha value is -3.13. The molecule has 0 aliphatic carbocycles. The summed E-state index contributed by atoms with van der Waals surface area (Å²) < 4.78 is 11.9. The molecule has 0 bridgehead atoms. The van der Waals surface area contributed by atoms with Gasteiger partial charge in [-0.1, -0.05) is 11.6 Å². The molecule has 0 saturated carbocycles. The normalized spacial score (nSPS) is 10.4. The number of tetrazole rings is 1. The Labute approximate surface area is 154 Å². The van der Waals surface area contributed by atoms with Crippen molar-refractivity contribution < 1.29 is 14.3 Å². The summed E-state index contributed by atoms with van der Waals surface area (Å²) in [5, 5.41) is 15.0. The van der Waals surface area contributed by atoms with Gasteiger partial charge >= 0.3 is 0 Å². The first-order chi connectivity index (χ1) is 12.6. The summed E-state index contributed by atoms with van der Waals surface area (Å²) in [7, 11) is 3.05. The summed E-state index contributed by atoms with van der Waals surface area (Å²) in [4.78, 5) is 12.4. The van der Waals surface area contributed by atoms with E-state index in [1.807, 2.05) is 0 Å². The SMILES string of the molecule is COc1ccc(C(=O)NCc2nnnn2-c2ccc(Cl)cc2)cc1OC. The quantitative estimate of drug-likeness (QED) is 0.712. The lowest BCUT2D eigenvalue weighted by Gasteiger charge is -2.10. The molecule has 0 saturated heterocycles. The van der Waals surface area contributed by atoms with Gasteiger partial charge in [-0.3, -0.25) is 4.79 Å². The number of methoxy groups -OCH3 is 2. The van der Waals surface area contributed by atoms with Crippen LogP contribution in [0, 0.1) is 0 Å². The van der Waals surface area contributed by atoms with E-state index in [0.717, 1.165) is 5.69 Å². The fourth-order valence-electron chi connectivity index (χ4n) is 2.34. The zero-order valence-electron chi connectivity index (χ0n) is 14.1. The number of nitrogens with one attached hydrogen (secondary N) is 1. The second-order valence-electron chi connectivity index (χ2n) is 5.24. The lowest BCUT2D eigenvalue weighted by molar-refractivity contribution is 0.0949. The molecule has 1 amide bonds. The van der Waals surface area contributed by atoms with Gasteiger partial charge in [-0.05, 0) is 52.9 Å². The van der Waals surface area contributed by atoms with E-state index in [1.165, 1.54) is 18.9 Å². The van der Waals surface area contributed by atoms with Crippen LogP contribution in [-0.4, -0.2) is 40.3 Å². The Bertz CT molecular complexity index is 911. The average Bonchev–Trinajstić information content (AvgIpc) is 3.14. The maximum Gasteiger partial charge on any atom is 0.251 e. The Kier molecular flexibility index (Phi) is 5.33. The van der Waals surface area contributed by atoms with E-state index in [2.05, 4.69) is 20.8 Å². The van der Waals surface area contributed by atoms with E-state index in [4.69, 9.17) is 21.1 Å². The third kappa shape index (κ3) is 3.75. The van der Waals surface area contributed by atoms with Crippen LogP contribution < -0.4 is 14.8 Å². The molecule has 8 nitrogen and oxygen atoms in total. The fraction of sp³-hybridized carbons (Fsp3) is 0.176. The number of halogens is 1. The average molecular weight is 374 g/mol. The minimum absolute atomic E-state index is 0.156. The van der Waals surface area contributed by atoms with Gasteiger partial charge in [-0.25, -0.2) is 0 Å². The second kappa shape index (κ2) is 7.83. The highest BCUT2D eigenvalue weighted by molar-refractivity contribution is 6.30. The molecule has 2 aromatic carbocycles. The molecule has 0 aliphatic heterocycles. The summed E-state index contributed by atoms with van der Waals surface area (Å²) in [6.07, 6.45) is 0. The van der Waals surface area contributed by atoms with Crippen molar-refractivity contribution in [2.24, 2.45) is 0 Å². The van der Waals surface area contributed by atoms with Crippen molar-refractivity contribution in [3.63, 3.8) is 0 Å². The second-order valence-corrected chi connectivity index (χ2v) is 5.67. The first kappa shape index (κ1) is 17.7. The number of aromatic nitrogens is 4. The molecule has 1 heterocycles. The lowest BCUT2D eigenvalue weighted by atomic mass is 10.2. The molecular weight excluding hydrogens is 358 g/mol. The summed E-state index contributed by atoms with van der Waals surface area (Å²) in [6.45, 7) is 0.156. The van der Waals surface area contributed by atoms with Crippen molar-refractivity contribution in [3.8, 4) is 17.2 Å². The largest absolute Gasteiger partial charge is 0.493 e. The van der Waals surface area contributed by atoms with Gasteiger partial charge in [0.1, 0.15) is 0 Å². The summed E-state index contributed by atoms with van der Waals surface area (Å²) in [5.74, 6) is 1.24. The zero-order chi connectivity index (χ0) is 18.5. The number of hydrogen-bond acceptors (Lipinski definition) is 6. The van der Waals surface area contributed by atoms with Crippen LogP contribution in [0.4, 0.5) is 0 Å². The number of nitrogens with zero attached hydrogens (tertiary/aromatic N) is 4. The highest BCUT2D eigenvalue weighted by Gasteiger charge is 2.13. The molecule has 0 spiro atoms. The third-order valence-electron chi connectivity index (χ3n) is 3.66. The van der Waals surface area contributed by atoms with Gasteiger partial charge in [0.15, 0.2) is 17.3 Å². The van der Waals surface area contributed by atoms with E-state index < -0.39 is 0 Å². The lowest BCUT2D eigenvalue weighted by Crippen LogP contribution is -2.24. The predicted molar refractivity (Wildman–Crippen MR) is 94.9 cm³/mol. The number of carbonyl (C=O) groups excluding carboxylic acids is 1. The fourth-order valence-corrected chi connectivity index (χ4v) is 2.46. The van der Waals surface area contributed by atoms with Gasteiger partial charge in [0, 0.05) is 10.6 Å². The number of rotatable bonds is 6. The number of benzene rings is 2. The zero-order valence-corrected chi connectivity index (χ0v) is 14.9. The smallest absolute Gasteiger partial charge is 0.251 e. The Balaban J connectivity index is 1.73. The number of ether oxygens (including phenoxy) is 2. The van der Waals surface area contributed by atoms with Gasteiger partial charge in [0.2, 0.25) is 0 Å². The highest BCUT2D eigenvalue weighted by Crippen LogP contribution is 2.27. The molecular formula is C17H16ClN5O3. The number of hydrogen-bond donors (Lipinski definition) is 1. The van der Waals surface area contributed by atoms with Crippen LogP contribution in [0.15, 0.2) is 42.5 Å². The molecule has 0 aliphatic rings. The predicted octanol–water partition coefficient (Wildman–Crippen LogP) is 2.26. The van der Waals surface area contributed by atoms with E-state index in [9.17, 15) is 4.79 Å². The molecule has 134 valence electrons. The van der Waals surface area contributed by atoms with Crippen LogP contribution in [0.25, 0.3) is 5.69 Å². The minimum atomic E-state index is -0.281. The van der Waals surface area contributed by atoms with Crippen LogP contribution in [0.1, 0.15) is 16.2 Å². The number of amides is 1. The summed E-state index contributed by atoms with van der Waals surface area (Å²) in [5.41, 5.74) is 1.18. The van der Waals surface area contributed by atoms with Crippen molar-refractivity contribution in [2.75, 3.05) is 14.2 Å². The van der Waals surface area contributed by atoms with Crippen molar-refractivity contribution in [1.29, 1.82) is 0 Å². The third-order valence-corrected chi connectivity index (χ3v) is 3.91. The van der Waals surface area contributed by atoms with E-state index in [1.54, 1.807) is 42.5 Å². The van der Waals surface area contributed by atoms with Crippen LogP contribution in [0.3, 0.4) is 0 Å². The molecule has 1 N–H and O–H groups in total. The molecule has 0 radical (unpaired) electrons. The summed E-state index contributed by atoms with van der Waals surface area (Å²) >= 11 is 5.89. The highest BCUT2D eigenvalue weighted by atomic mass is 35.5. The van der Waals surface area contributed by atoms with E-state index in [0.29, 0.717) is 27.9 Å². The van der Waals surface area contributed by atoms with Gasteiger partial charge in [-0.15, -0.1) is 5.10 Å². The Morgan fingerprint density at radius 1 is 1.12 bits per heavy atom. The van der Waals surface area contributed by atoms with Gasteiger partial charge < -0.3 is 14.8 Å².